The number of rotatable bonds is 8. The van der Waals surface area contributed by atoms with Crippen molar-refractivity contribution in [2.75, 3.05) is 13.2 Å². The highest BCUT2D eigenvalue weighted by Gasteiger charge is 2.13. The number of hydrogen-bond acceptors (Lipinski definition) is 3. The number of nitrogens with zero attached hydrogens (tertiary/aromatic N) is 1. The normalized spacial score (nSPS) is 10.2. The Morgan fingerprint density at radius 1 is 1.07 bits per heavy atom. The first-order chi connectivity index (χ1) is 6.76. The van der Waals surface area contributed by atoms with Gasteiger partial charge in [-0.1, -0.05) is 25.0 Å². The first-order valence-corrected chi connectivity index (χ1v) is 5.35. The molecular formula is C10H21NO3. The molecule has 0 aliphatic rings. The van der Waals surface area contributed by atoms with Gasteiger partial charge >= 0.3 is 0 Å². The van der Waals surface area contributed by atoms with Crippen LogP contribution < -0.4 is 0 Å². The van der Waals surface area contributed by atoms with E-state index in [0.29, 0.717) is 19.6 Å². The van der Waals surface area contributed by atoms with Gasteiger partial charge in [-0.3, -0.25) is 4.79 Å². The van der Waals surface area contributed by atoms with E-state index >= 15 is 0 Å². The summed E-state index contributed by atoms with van der Waals surface area (Å²) in [5.41, 5.74) is 0. The molecule has 4 heteroatoms. The van der Waals surface area contributed by atoms with E-state index in [0.717, 1.165) is 24.5 Å². The third kappa shape index (κ3) is 5.94. The van der Waals surface area contributed by atoms with E-state index in [1.807, 2.05) is 13.8 Å². The van der Waals surface area contributed by atoms with E-state index in [1.54, 1.807) is 0 Å². The van der Waals surface area contributed by atoms with E-state index in [4.69, 9.17) is 9.68 Å². The molecule has 0 unspecified atom stereocenters. The largest absolute Gasteiger partial charge is 0.273 e. The van der Waals surface area contributed by atoms with Gasteiger partial charge in [-0.2, -0.15) is 0 Å². The molecule has 84 valence electrons. The van der Waals surface area contributed by atoms with Gasteiger partial charge in [-0.05, 0) is 20.3 Å². The Kier molecular flexibility index (Phi) is 8.57. The highest BCUT2D eigenvalue weighted by molar-refractivity contribution is 5.73. The predicted octanol–water partition coefficient (Wildman–Crippen LogP) is 2.30. The molecule has 0 fully saturated rings. The van der Waals surface area contributed by atoms with Crippen LogP contribution in [0.3, 0.4) is 0 Å². The third-order valence-corrected chi connectivity index (χ3v) is 1.69. The van der Waals surface area contributed by atoms with Crippen molar-refractivity contribution < 1.29 is 14.5 Å². The molecule has 0 rings (SSSR count). The highest BCUT2D eigenvalue weighted by atomic mass is 17.0. The fourth-order valence-corrected chi connectivity index (χ4v) is 1.03. The van der Waals surface area contributed by atoms with Crippen LogP contribution in [0.2, 0.25) is 0 Å². The van der Waals surface area contributed by atoms with Crippen molar-refractivity contribution in [3.8, 4) is 0 Å². The zero-order valence-electron chi connectivity index (χ0n) is 9.41. The lowest BCUT2D eigenvalue weighted by Crippen LogP contribution is -2.31. The molecule has 0 aromatic rings. The molecule has 0 spiro atoms. The molecule has 0 aromatic heterocycles. The Hall–Kier alpha value is -0.610. The van der Waals surface area contributed by atoms with Crippen molar-refractivity contribution in [2.45, 2.75) is 46.5 Å². The second-order valence-electron chi connectivity index (χ2n) is 2.94. The van der Waals surface area contributed by atoms with Crippen LogP contribution in [0.1, 0.15) is 46.5 Å². The summed E-state index contributed by atoms with van der Waals surface area (Å²) in [5.74, 6) is -0.0952. The molecule has 0 saturated carbocycles. The third-order valence-electron chi connectivity index (χ3n) is 1.69. The summed E-state index contributed by atoms with van der Waals surface area (Å²) in [4.78, 5) is 21.5. The fourth-order valence-electron chi connectivity index (χ4n) is 1.03. The summed E-state index contributed by atoms with van der Waals surface area (Å²) >= 11 is 0. The second kappa shape index (κ2) is 8.97. The van der Waals surface area contributed by atoms with Gasteiger partial charge in [0, 0.05) is 6.42 Å². The number of carbonyl (C=O) groups is 1. The minimum atomic E-state index is -0.0952. The molecule has 0 aromatic carbocycles. The lowest BCUT2D eigenvalue weighted by Gasteiger charge is -2.18. The minimum Gasteiger partial charge on any atom is -0.270 e. The molecule has 1 amide bonds. The molecule has 0 heterocycles. The monoisotopic (exact) mass is 203 g/mol. The molecule has 0 aliphatic heterocycles. The number of hydroxylamine groups is 2. The van der Waals surface area contributed by atoms with E-state index < -0.39 is 0 Å². The van der Waals surface area contributed by atoms with Crippen LogP contribution in [0.25, 0.3) is 0 Å². The zero-order valence-corrected chi connectivity index (χ0v) is 9.41. The average Bonchev–Trinajstić information content (AvgIpc) is 2.18. The smallest absolute Gasteiger partial charge is 0.270 e. The van der Waals surface area contributed by atoms with Gasteiger partial charge in [0.2, 0.25) is 0 Å². The molecule has 0 N–H and O–H groups in total. The number of amides is 1. The second-order valence-corrected chi connectivity index (χ2v) is 2.94. The Labute approximate surface area is 86.1 Å². The van der Waals surface area contributed by atoms with Crippen LogP contribution in [0, 0.1) is 0 Å². The van der Waals surface area contributed by atoms with Crippen molar-refractivity contribution >= 4 is 5.91 Å². The highest BCUT2D eigenvalue weighted by Crippen LogP contribution is 2.04. The van der Waals surface area contributed by atoms with Gasteiger partial charge in [-0.15, -0.1) is 0 Å². The number of unbranched alkanes of at least 4 members (excludes halogenated alkanes) is 2. The van der Waals surface area contributed by atoms with Crippen molar-refractivity contribution in [3.05, 3.63) is 0 Å². The summed E-state index contributed by atoms with van der Waals surface area (Å²) < 4.78 is 0. The topological polar surface area (TPSA) is 38.8 Å². The Morgan fingerprint density at radius 2 is 1.64 bits per heavy atom. The van der Waals surface area contributed by atoms with E-state index in [-0.39, 0.29) is 5.91 Å². The summed E-state index contributed by atoms with van der Waals surface area (Å²) in [7, 11) is 0. The predicted molar refractivity (Wildman–Crippen MR) is 54.2 cm³/mol. The first kappa shape index (κ1) is 13.4. The Morgan fingerprint density at radius 3 is 2.07 bits per heavy atom. The van der Waals surface area contributed by atoms with Gasteiger partial charge < -0.3 is 0 Å². The average molecular weight is 203 g/mol. The molecule has 0 aliphatic carbocycles. The Balaban J connectivity index is 3.76. The van der Waals surface area contributed by atoms with E-state index in [9.17, 15) is 4.79 Å². The van der Waals surface area contributed by atoms with Gasteiger partial charge in [0.15, 0.2) is 0 Å². The van der Waals surface area contributed by atoms with Crippen LogP contribution in [-0.2, 0) is 14.5 Å². The molecule has 0 saturated heterocycles. The standard InChI is InChI=1S/C10H21NO3/c1-4-7-8-9-10(12)11(13-5-2)14-6-3/h4-9H2,1-3H3. The van der Waals surface area contributed by atoms with Crippen molar-refractivity contribution in [2.24, 2.45) is 0 Å². The summed E-state index contributed by atoms with van der Waals surface area (Å²) in [6, 6.07) is 0. The van der Waals surface area contributed by atoms with Crippen LogP contribution in [-0.4, -0.2) is 24.3 Å². The molecule has 0 bridgehead atoms. The summed E-state index contributed by atoms with van der Waals surface area (Å²) in [6.07, 6.45) is 3.56. The summed E-state index contributed by atoms with van der Waals surface area (Å²) in [5, 5.41) is 1.01. The lowest BCUT2D eigenvalue weighted by molar-refractivity contribution is -0.338. The summed E-state index contributed by atoms with van der Waals surface area (Å²) in [6.45, 7) is 6.64. The SMILES string of the molecule is CCCCCC(=O)N(OCC)OCC. The lowest BCUT2D eigenvalue weighted by atomic mass is 10.2. The molecular weight excluding hydrogens is 182 g/mol. The van der Waals surface area contributed by atoms with Crippen LogP contribution in [0.4, 0.5) is 0 Å². The van der Waals surface area contributed by atoms with Crippen LogP contribution in [0.5, 0.6) is 0 Å². The van der Waals surface area contributed by atoms with Crippen LogP contribution >= 0.6 is 0 Å². The van der Waals surface area contributed by atoms with Gasteiger partial charge in [-0.25, -0.2) is 9.68 Å². The quantitative estimate of drug-likeness (QED) is 0.449. The maximum absolute atomic E-state index is 11.5. The van der Waals surface area contributed by atoms with Gasteiger partial charge in [0.1, 0.15) is 0 Å². The van der Waals surface area contributed by atoms with Gasteiger partial charge in [0.25, 0.3) is 5.91 Å². The van der Waals surface area contributed by atoms with E-state index in [2.05, 4.69) is 6.92 Å². The zero-order chi connectivity index (χ0) is 10.8. The van der Waals surface area contributed by atoms with Crippen molar-refractivity contribution in [3.63, 3.8) is 0 Å². The molecule has 0 radical (unpaired) electrons. The van der Waals surface area contributed by atoms with Crippen molar-refractivity contribution in [1.82, 2.24) is 5.23 Å². The molecule has 14 heavy (non-hydrogen) atoms. The first-order valence-electron chi connectivity index (χ1n) is 5.35. The fraction of sp³-hybridized carbons (Fsp3) is 0.900. The maximum atomic E-state index is 11.5. The molecule has 4 nitrogen and oxygen atoms in total. The van der Waals surface area contributed by atoms with Crippen molar-refractivity contribution in [1.29, 1.82) is 0 Å². The number of hydrogen-bond donors (Lipinski definition) is 0. The Bertz CT molecular complexity index is 144. The van der Waals surface area contributed by atoms with Crippen LogP contribution in [0.15, 0.2) is 0 Å². The molecule has 0 atom stereocenters. The number of carbonyl (C=O) groups excluding carboxylic acids is 1. The van der Waals surface area contributed by atoms with Gasteiger partial charge in [0.05, 0.1) is 13.2 Å². The van der Waals surface area contributed by atoms with E-state index in [1.165, 1.54) is 0 Å². The maximum Gasteiger partial charge on any atom is 0.273 e. The minimum absolute atomic E-state index is 0.0952.